The van der Waals surface area contributed by atoms with Gasteiger partial charge in [0.1, 0.15) is 5.69 Å². The van der Waals surface area contributed by atoms with Crippen LogP contribution in [-0.4, -0.2) is 20.6 Å². The summed E-state index contributed by atoms with van der Waals surface area (Å²) >= 11 is 0. The van der Waals surface area contributed by atoms with Crippen LogP contribution >= 0.6 is 0 Å². The molecule has 1 N–H and O–H groups in total. The molecule has 0 aliphatic carbocycles. The number of hydrogen-bond acceptors (Lipinski definition) is 6. The quantitative estimate of drug-likeness (QED) is 0.453. The molecule has 0 amide bonds. The Hall–Kier alpha value is -3.35. The zero-order chi connectivity index (χ0) is 16.2. The lowest BCUT2D eigenvalue weighted by Crippen LogP contribution is -2.03. The number of hydrogen-bond donors (Lipinski definition) is 1. The molecule has 0 unspecified atom stereocenters. The Balaban J connectivity index is 1.79. The maximum Gasteiger partial charge on any atom is 0.269 e. The van der Waals surface area contributed by atoms with Crippen LogP contribution < -0.4 is 5.43 Å². The number of nitro groups is 1. The Kier molecular flexibility index (Phi) is 3.92. The topological polar surface area (TPSA) is 93.3 Å². The summed E-state index contributed by atoms with van der Waals surface area (Å²) in [7, 11) is 0. The fourth-order valence-electron chi connectivity index (χ4n) is 1.99. The molecule has 3 rings (SSSR count). The fraction of sp³-hybridized carbons (Fsp3) is 0.0625. The van der Waals surface area contributed by atoms with E-state index in [2.05, 4.69) is 20.5 Å². The van der Waals surface area contributed by atoms with Crippen molar-refractivity contribution < 1.29 is 4.92 Å². The zero-order valence-corrected chi connectivity index (χ0v) is 12.3. The van der Waals surface area contributed by atoms with E-state index in [1.54, 1.807) is 18.3 Å². The van der Waals surface area contributed by atoms with E-state index in [-0.39, 0.29) is 5.69 Å². The van der Waals surface area contributed by atoms with E-state index in [4.69, 9.17) is 0 Å². The molecule has 0 saturated heterocycles. The molecule has 3 aromatic rings. The lowest BCUT2D eigenvalue weighted by molar-refractivity contribution is -0.384. The van der Waals surface area contributed by atoms with Crippen LogP contribution in [0.1, 0.15) is 12.6 Å². The highest BCUT2D eigenvalue weighted by atomic mass is 16.6. The molecule has 23 heavy (non-hydrogen) atoms. The van der Waals surface area contributed by atoms with Crippen molar-refractivity contribution in [3.63, 3.8) is 0 Å². The number of nitrogens with zero attached hydrogens (tertiary/aromatic N) is 4. The van der Waals surface area contributed by atoms with Gasteiger partial charge in [-0.05, 0) is 31.2 Å². The Morgan fingerprint density at radius 2 is 1.83 bits per heavy atom. The van der Waals surface area contributed by atoms with Crippen molar-refractivity contribution in [1.82, 2.24) is 9.97 Å². The largest absolute Gasteiger partial charge is 0.278 e. The molecule has 7 nitrogen and oxygen atoms in total. The highest BCUT2D eigenvalue weighted by molar-refractivity contribution is 5.98. The summed E-state index contributed by atoms with van der Waals surface area (Å²) in [6, 6.07) is 13.6. The SMILES string of the molecule is C/C(=N\Nc1ccc([N+](=O)[O-])cc1)c1cnc2ccccc2n1. The molecule has 1 aromatic heterocycles. The van der Waals surface area contributed by atoms with Gasteiger partial charge in [0.05, 0.1) is 33.6 Å². The predicted octanol–water partition coefficient (Wildman–Crippen LogP) is 3.37. The third-order valence-electron chi connectivity index (χ3n) is 3.25. The summed E-state index contributed by atoms with van der Waals surface area (Å²) in [5, 5.41) is 14.9. The number of rotatable bonds is 4. The van der Waals surface area contributed by atoms with E-state index in [1.807, 2.05) is 31.2 Å². The first-order chi connectivity index (χ1) is 11.1. The van der Waals surface area contributed by atoms with Gasteiger partial charge in [0.2, 0.25) is 0 Å². The lowest BCUT2D eigenvalue weighted by Gasteiger charge is -2.04. The molecule has 0 bridgehead atoms. The molecule has 7 heteroatoms. The molecule has 0 aliphatic heterocycles. The van der Waals surface area contributed by atoms with Gasteiger partial charge < -0.3 is 0 Å². The number of fused-ring (bicyclic) bond motifs is 1. The molecule has 114 valence electrons. The van der Waals surface area contributed by atoms with Gasteiger partial charge in [0, 0.05) is 12.1 Å². The second-order valence-corrected chi connectivity index (χ2v) is 4.86. The van der Waals surface area contributed by atoms with Crippen LogP contribution in [0.2, 0.25) is 0 Å². The van der Waals surface area contributed by atoms with Crippen LogP contribution in [0.4, 0.5) is 11.4 Å². The average Bonchev–Trinajstić information content (AvgIpc) is 2.59. The summed E-state index contributed by atoms with van der Waals surface area (Å²) in [4.78, 5) is 19.0. The van der Waals surface area contributed by atoms with Gasteiger partial charge >= 0.3 is 0 Å². The van der Waals surface area contributed by atoms with Gasteiger partial charge in [0.15, 0.2) is 0 Å². The second kappa shape index (κ2) is 6.18. The molecule has 2 aromatic carbocycles. The van der Waals surface area contributed by atoms with Crippen molar-refractivity contribution in [2.45, 2.75) is 6.92 Å². The third kappa shape index (κ3) is 3.29. The van der Waals surface area contributed by atoms with E-state index in [0.717, 1.165) is 11.0 Å². The highest BCUT2D eigenvalue weighted by Crippen LogP contribution is 2.15. The van der Waals surface area contributed by atoms with E-state index >= 15 is 0 Å². The number of hydrazone groups is 1. The molecule has 1 heterocycles. The van der Waals surface area contributed by atoms with Gasteiger partial charge in [-0.2, -0.15) is 5.10 Å². The summed E-state index contributed by atoms with van der Waals surface area (Å²) in [5.74, 6) is 0. The third-order valence-corrected chi connectivity index (χ3v) is 3.25. The minimum Gasteiger partial charge on any atom is -0.278 e. The van der Waals surface area contributed by atoms with Crippen LogP contribution in [0, 0.1) is 10.1 Å². The summed E-state index contributed by atoms with van der Waals surface area (Å²) in [6.07, 6.45) is 1.67. The van der Waals surface area contributed by atoms with Gasteiger partial charge in [-0.25, -0.2) is 4.98 Å². The van der Waals surface area contributed by atoms with E-state index in [0.29, 0.717) is 17.1 Å². The predicted molar refractivity (Wildman–Crippen MR) is 88.5 cm³/mol. The maximum atomic E-state index is 10.6. The summed E-state index contributed by atoms with van der Waals surface area (Å²) < 4.78 is 0. The lowest BCUT2D eigenvalue weighted by atomic mass is 10.2. The van der Waals surface area contributed by atoms with Gasteiger partial charge in [-0.3, -0.25) is 20.5 Å². The Morgan fingerprint density at radius 3 is 2.52 bits per heavy atom. The van der Waals surface area contributed by atoms with E-state index in [1.165, 1.54) is 12.1 Å². The molecule has 0 spiro atoms. The first-order valence-electron chi connectivity index (χ1n) is 6.90. The van der Waals surface area contributed by atoms with Crippen molar-refractivity contribution in [1.29, 1.82) is 0 Å². The van der Waals surface area contributed by atoms with Crippen LogP contribution in [0.3, 0.4) is 0 Å². The zero-order valence-electron chi connectivity index (χ0n) is 12.3. The number of nitrogens with one attached hydrogen (secondary N) is 1. The number of benzene rings is 2. The van der Waals surface area contributed by atoms with Crippen molar-refractivity contribution in [2.75, 3.05) is 5.43 Å². The average molecular weight is 307 g/mol. The fourth-order valence-corrected chi connectivity index (χ4v) is 1.99. The number of non-ortho nitro benzene ring substituents is 1. The van der Waals surface area contributed by atoms with Crippen molar-refractivity contribution in [3.05, 3.63) is 70.5 Å². The number of nitro benzene ring substituents is 1. The molecule has 0 aliphatic rings. The van der Waals surface area contributed by atoms with Crippen molar-refractivity contribution in [2.24, 2.45) is 5.10 Å². The maximum absolute atomic E-state index is 10.6. The van der Waals surface area contributed by atoms with Crippen molar-refractivity contribution >= 4 is 28.1 Å². The van der Waals surface area contributed by atoms with Crippen LogP contribution in [0.15, 0.2) is 59.8 Å². The van der Waals surface area contributed by atoms with E-state index < -0.39 is 4.92 Å². The number of para-hydroxylation sites is 2. The minimum absolute atomic E-state index is 0.0386. The Morgan fingerprint density at radius 1 is 1.13 bits per heavy atom. The van der Waals surface area contributed by atoms with Crippen LogP contribution in [0.25, 0.3) is 11.0 Å². The first-order valence-corrected chi connectivity index (χ1v) is 6.90. The van der Waals surface area contributed by atoms with Gasteiger partial charge in [0.25, 0.3) is 5.69 Å². The van der Waals surface area contributed by atoms with Crippen molar-refractivity contribution in [3.8, 4) is 0 Å². The standard InChI is InChI=1S/C16H13N5O2/c1-11(16-10-17-14-4-2-3-5-15(14)18-16)19-20-12-6-8-13(9-7-12)21(22)23/h2-10,20H,1H3/b19-11+. The monoisotopic (exact) mass is 307 g/mol. The normalized spacial score (nSPS) is 11.4. The first kappa shape index (κ1) is 14.6. The second-order valence-electron chi connectivity index (χ2n) is 4.86. The minimum atomic E-state index is -0.442. The Labute approximate surface area is 131 Å². The van der Waals surface area contributed by atoms with Crippen LogP contribution in [0.5, 0.6) is 0 Å². The van der Waals surface area contributed by atoms with E-state index in [9.17, 15) is 10.1 Å². The summed E-state index contributed by atoms with van der Waals surface area (Å²) in [6.45, 7) is 1.82. The van der Waals surface area contributed by atoms with Crippen LogP contribution in [-0.2, 0) is 0 Å². The molecule has 0 radical (unpaired) electrons. The highest BCUT2D eigenvalue weighted by Gasteiger charge is 2.05. The molecule has 0 fully saturated rings. The number of aromatic nitrogens is 2. The molecule has 0 saturated carbocycles. The number of anilines is 1. The van der Waals surface area contributed by atoms with Gasteiger partial charge in [-0.15, -0.1) is 0 Å². The summed E-state index contributed by atoms with van der Waals surface area (Å²) in [5.41, 5.74) is 6.51. The smallest absolute Gasteiger partial charge is 0.269 e. The molecular weight excluding hydrogens is 294 g/mol. The van der Waals surface area contributed by atoms with Gasteiger partial charge in [-0.1, -0.05) is 12.1 Å². The molecule has 0 atom stereocenters. The molecular formula is C16H13N5O2. The Bertz CT molecular complexity index is 890.